The highest BCUT2D eigenvalue weighted by Crippen LogP contribution is 2.35. The van der Waals surface area contributed by atoms with Crippen molar-refractivity contribution in [3.63, 3.8) is 0 Å². The van der Waals surface area contributed by atoms with E-state index in [1.54, 1.807) is 6.92 Å². The summed E-state index contributed by atoms with van der Waals surface area (Å²) < 4.78 is 10.3. The predicted molar refractivity (Wildman–Crippen MR) is 111 cm³/mol. The van der Waals surface area contributed by atoms with Crippen LogP contribution in [0.3, 0.4) is 0 Å². The summed E-state index contributed by atoms with van der Waals surface area (Å²) >= 11 is 6.04. The molecule has 30 heavy (non-hydrogen) atoms. The Hall–Kier alpha value is -3.66. The van der Waals surface area contributed by atoms with Gasteiger partial charge in [-0.15, -0.1) is 0 Å². The SMILES string of the molecule is COc1cc(NC(=O)C/C(C)=N\NC(=O)c2ccc([N+](=O)[O-])cc2)c(OC)cc1Cl. The molecule has 0 aromatic heterocycles. The first-order valence-electron chi connectivity index (χ1n) is 8.54. The second-order valence-corrected chi connectivity index (χ2v) is 6.41. The van der Waals surface area contributed by atoms with E-state index in [2.05, 4.69) is 15.8 Å². The minimum absolute atomic E-state index is 0.103. The minimum Gasteiger partial charge on any atom is -0.495 e. The van der Waals surface area contributed by atoms with E-state index in [9.17, 15) is 19.7 Å². The van der Waals surface area contributed by atoms with Crippen LogP contribution in [0.25, 0.3) is 0 Å². The molecule has 0 saturated heterocycles. The van der Waals surface area contributed by atoms with Gasteiger partial charge in [0.1, 0.15) is 11.5 Å². The summed E-state index contributed by atoms with van der Waals surface area (Å²) in [5, 5.41) is 17.5. The lowest BCUT2D eigenvalue weighted by Crippen LogP contribution is -2.21. The van der Waals surface area contributed by atoms with Crippen LogP contribution in [-0.2, 0) is 4.79 Å². The Bertz CT molecular complexity index is 991. The second kappa shape index (κ2) is 10.2. The van der Waals surface area contributed by atoms with Gasteiger partial charge in [-0.3, -0.25) is 19.7 Å². The van der Waals surface area contributed by atoms with Gasteiger partial charge in [0.15, 0.2) is 0 Å². The molecule has 2 rings (SSSR count). The molecule has 0 unspecified atom stereocenters. The highest BCUT2D eigenvalue weighted by atomic mass is 35.5. The van der Waals surface area contributed by atoms with E-state index < -0.39 is 16.7 Å². The third-order valence-electron chi connectivity index (χ3n) is 3.85. The van der Waals surface area contributed by atoms with Crippen LogP contribution in [-0.4, -0.2) is 36.7 Å². The number of methoxy groups -OCH3 is 2. The van der Waals surface area contributed by atoms with Crippen molar-refractivity contribution < 1.29 is 24.0 Å². The number of hydrogen-bond donors (Lipinski definition) is 2. The van der Waals surface area contributed by atoms with Crippen molar-refractivity contribution >= 4 is 40.5 Å². The second-order valence-electron chi connectivity index (χ2n) is 6.00. The largest absolute Gasteiger partial charge is 0.495 e. The molecule has 11 heteroatoms. The van der Waals surface area contributed by atoms with E-state index in [1.165, 1.54) is 50.6 Å². The molecule has 0 spiro atoms. The third kappa shape index (κ3) is 5.92. The smallest absolute Gasteiger partial charge is 0.271 e. The number of nitrogens with one attached hydrogen (secondary N) is 2. The zero-order valence-electron chi connectivity index (χ0n) is 16.4. The van der Waals surface area contributed by atoms with E-state index >= 15 is 0 Å². The first-order valence-corrected chi connectivity index (χ1v) is 8.92. The van der Waals surface area contributed by atoms with Crippen LogP contribution in [0, 0.1) is 10.1 Å². The number of nitrogens with zero attached hydrogens (tertiary/aromatic N) is 2. The molecule has 10 nitrogen and oxygen atoms in total. The third-order valence-corrected chi connectivity index (χ3v) is 4.15. The first-order chi connectivity index (χ1) is 14.2. The molecule has 0 aliphatic rings. The number of carbonyl (C=O) groups excluding carboxylic acids is 2. The molecule has 0 saturated carbocycles. The maximum atomic E-state index is 12.3. The molecule has 0 heterocycles. The molecule has 2 N–H and O–H groups in total. The van der Waals surface area contributed by atoms with Crippen molar-refractivity contribution in [3.8, 4) is 11.5 Å². The van der Waals surface area contributed by atoms with E-state index in [-0.39, 0.29) is 17.7 Å². The molecule has 158 valence electrons. The van der Waals surface area contributed by atoms with Crippen molar-refractivity contribution in [2.45, 2.75) is 13.3 Å². The van der Waals surface area contributed by atoms with E-state index in [0.29, 0.717) is 27.9 Å². The summed E-state index contributed by atoms with van der Waals surface area (Å²) in [5.74, 6) is -0.235. The Morgan fingerprint density at radius 2 is 1.77 bits per heavy atom. The number of halogens is 1. The van der Waals surface area contributed by atoms with Crippen molar-refractivity contribution in [3.05, 3.63) is 57.1 Å². The fraction of sp³-hybridized carbons (Fsp3) is 0.211. The van der Waals surface area contributed by atoms with E-state index in [1.807, 2.05) is 0 Å². The fourth-order valence-electron chi connectivity index (χ4n) is 2.37. The molecule has 0 aliphatic carbocycles. The summed E-state index contributed by atoms with van der Waals surface area (Å²) in [5.41, 5.74) is 3.07. The van der Waals surface area contributed by atoms with Gasteiger partial charge in [-0.05, 0) is 19.1 Å². The van der Waals surface area contributed by atoms with Gasteiger partial charge in [0.2, 0.25) is 5.91 Å². The Morgan fingerprint density at radius 1 is 1.13 bits per heavy atom. The van der Waals surface area contributed by atoms with Crippen molar-refractivity contribution in [2.75, 3.05) is 19.5 Å². The van der Waals surface area contributed by atoms with Crippen LogP contribution >= 0.6 is 11.6 Å². The zero-order valence-corrected chi connectivity index (χ0v) is 17.1. The number of nitro groups is 1. The minimum atomic E-state index is -0.562. The van der Waals surface area contributed by atoms with Crippen LogP contribution in [0.1, 0.15) is 23.7 Å². The molecule has 0 bridgehead atoms. The number of anilines is 1. The number of non-ortho nitro benzene ring substituents is 1. The normalized spacial score (nSPS) is 10.9. The topological polar surface area (TPSA) is 132 Å². The predicted octanol–water partition coefficient (Wildman–Crippen LogP) is 3.40. The quantitative estimate of drug-likeness (QED) is 0.371. The van der Waals surface area contributed by atoms with E-state index in [0.717, 1.165) is 0 Å². The molecule has 0 radical (unpaired) electrons. The standard InChI is InChI=1S/C19H19ClN4O6/c1-11(22-23-19(26)12-4-6-13(7-5-12)24(27)28)8-18(25)21-15-10-16(29-2)14(20)9-17(15)30-3/h4-7,9-10H,8H2,1-3H3,(H,21,25)(H,23,26)/b22-11-. The van der Waals surface area contributed by atoms with Gasteiger partial charge in [-0.1, -0.05) is 11.6 Å². The van der Waals surface area contributed by atoms with Crippen molar-refractivity contribution in [2.24, 2.45) is 5.10 Å². The summed E-state index contributed by atoms with van der Waals surface area (Å²) in [6.45, 7) is 1.56. The Balaban J connectivity index is 1.99. The van der Waals surface area contributed by atoms with Gasteiger partial charge in [0.25, 0.3) is 11.6 Å². The van der Waals surface area contributed by atoms with Gasteiger partial charge in [0, 0.05) is 35.5 Å². The first kappa shape index (κ1) is 22.6. The highest BCUT2D eigenvalue weighted by Gasteiger charge is 2.14. The van der Waals surface area contributed by atoms with Crippen LogP contribution in [0.4, 0.5) is 11.4 Å². The summed E-state index contributed by atoms with van der Waals surface area (Å²) in [7, 11) is 2.89. The lowest BCUT2D eigenvalue weighted by molar-refractivity contribution is -0.384. The molecule has 0 fully saturated rings. The van der Waals surface area contributed by atoms with Crippen LogP contribution in [0.5, 0.6) is 11.5 Å². The maximum Gasteiger partial charge on any atom is 0.271 e. The molecule has 2 amide bonds. The van der Waals surface area contributed by atoms with Crippen LogP contribution in [0.2, 0.25) is 5.02 Å². The average Bonchev–Trinajstić information content (AvgIpc) is 2.72. The fourth-order valence-corrected chi connectivity index (χ4v) is 2.60. The van der Waals surface area contributed by atoms with Crippen LogP contribution < -0.4 is 20.2 Å². The highest BCUT2D eigenvalue weighted by molar-refractivity contribution is 6.32. The number of amides is 2. The van der Waals surface area contributed by atoms with E-state index in [4.69, 9.17) is 21.1 Å². The van der Waals surface area contributed by atoms with Crippen LogP contribution in [0.15, 0.2) is 41.5 Å². The number of rotatable bonds is 8. The lowest BCUT2D eigenvalue weighted by atomic mass is 10.2. The van der Waals surface area contributed by atoms with Gasteiger partial charge >= 0.3 is 0 Å². The number of ether oxygens (including phenoxy) is 2. The number of nitro benzene ring substituents is 1. The number of hydrazone groups is 1. The number of hydrogen-bond acceptors (Lipinski definition) is 7. The van der Waals surface area contributed by atoms with Gasteiger partial charge in [0.05, 0.1) is 36.3 Å². The van der Waals surface area contributed by atoms with Gasteiger partial charge in [-0.25, -0.2) is 5.43 Å². The van der Waals surface area contributed by atoms with Gasteiger partial charge < -0.3 is 14.8 Å². The van der Waals surface area contributed by atoms with Crippen molar-refractivity contribution in [1.82, 2.24) is 5.43 Å². The molecule has 2 aromatic carbocycles. The summed E-state index contributed by atoms with van der Waals surface area (Å²) in [4.78, 5) is 34.4. The van der Waals surface area contributed by atoms with Crippen molar-refractivity contribution in [1.29, 1.82) is 0 Å². The molecule has 2 aromatic rings. The number of benzene rings is 2. The monoisotopic (exact) mass is 434 g/mol. The summed E-state index contributed by atoms with van der Waals surface area (Å²) in [6.07, 6.45) is -0.103. The zero-order chi connectivity index (χ0) is 22.3. The Morgan fingerprint density at radius 3 is 2.33 bits per heavy atom. The average molecular weight is 435 g/mol. The number of carbonyl (C=O) groups is 2. The van der Waals surface area contributed by atoms with Gasteiger partial charge in [-0.2, -0.15) is 5.10 Å². The molecule has 0 aliphatic heterocycles. The maximum absolute atomic E-state index is 12.3. The summed E-state index contributed by atoms with van der Waals surface area (Å²) in [6, 6.07) is 8.10. The molecule has 0 atom stereocenters. The Labute approximate surface area is 177 Å². The lowest BCUT2D eigenvalue weighted by Gasteiger charge is -2.13. The molecular formula is C19H19ClN4O6. The molecular weight excluding hydrogens is 416 g/mol. The Kier molecular flexibility index (Phi) is 7.70.